The number of aromatic hydroxyl groups is 1. The zero-order chi connectivity index (χ0) is 23.6. The molecule has 0 saturated carbocycles. The summed E-state index contributed by atoms with van der Waals surface area (Å²) < 4.78 is 41.2. The Kier molecular flexibility index (Phi) is 6.43. The number of hydrogen-bond donors (Lipinski definition) is 1. The molecule has 0 radical (unpaired) electrons. The van der Waals surface area contributed by atoms with Crippen molar-refractivity contribution < 1.29 is 43.4 Å². The Bertz CT molecular complexity index is 1490. The van der Waals surface area contributed by atoms with E-state index in [0.29, 0.717) is 5.58 Å². The number of aryl methyl sites for hydroxylation is 1. The van der Waals surface area contributed by atoms with Gasteiger partial charge in [-0.3, -0.25) is 0 Å². The summed E-state index contributed by atoms with van der Waals surface area (Å²) in [5, 5.41) is 12.3. The first-order valence-electron chi connectivity index (χ1n) is 9.57. The zero-order valence-electron chi connectivity index (χ0n) is 17.2. The number of thiazole rings is 1. The average Bonchev–Trinajstić information content (AvgIpc) is 3.17. The molecular formula is C23H17ClN2O6S. The van der Waals surface area contributed by atoms with E-state index in [-0.39, 0.29) is 5.75 Å². The number of para-hydroxylation sites is 1. The van der Waals surface area contributed by atoms with Crippen LogP contribution in [0.5, 0.6) is 5.75 Å². The summed E-state index contributed by atoms with van der Waals surface area (Å²) in [6.07, 6.45) is 0. The minimum atomic E-state index is -4.94. The number of aromatic nitrogens is 1. The van der Waals surface area contributed by atoms with E-state index >= 15 is 0 Å². The van der Waals surface area contributed by atoms with Gasteiger partial charge in [0.05, 0.1) is 10.1 Å². The van der Waals surface area contributed by atoms with Crippen LogP contribution in [0.4, 0.5) is 5.13 Å². The fourth-order valence-corrected chi connectivity index (χ4v) is 4.24. The van der Waals surface area contributed by atoms with Gasteiger partial charge in [-0.2, -0.15) is 0 Å². The van der Waals surface area contributed by atoms with Crippen molar-refractivity contribution in [1.29, 1.82) is 0 Å². The molecule has 2 heterocycles. The second kappa shape index (κ2) is 9.28. The van der Waals surface area contributed by atoms with E-state index in [4.69, 9.17) is 28.0 Å². The molecule has 0 fully saturated rings. The number of fused-ring (bicyclic) bond motifs is 2. The van der Waals surface area contributed by atoms with Gasteiger partial charge in [0, 0.05) is 11.6 Å². The molecule has 8 nitrogen and oxygen atoms in total. The summed E-state index contributed by atoms with van der Waals surface area (Å²) in [6, 6.07) is 23.2. The van der Waals surface area contributed by atoms with Crippen molar-refractivity contribution in [3.8, 4) is 17.1 Å². The lowest BCUT2D eigenvalue weighted by atomic mass is 10.1. The number of benzene rings is 3. The van der Waals surface area contributed by atoms with E-state index in [0.717, 1.165) is 37.4 Å². The first-order valence-corrected chi connectivity index (χ1v) is 11.6. The summed E-state index contributed by atoms with van der Waals surface area (Å²) in [5.74, 6) is 0.914. The number of halogens is 1. The van der Waals surface area contributed by atoms with Gasteiger partial charge < -0.3 is 9.52 Å². The molecule has 0 unspecified atom stereocenters. The highest BCUT2D eigenvalue weighted by molar-refractivity contribution is 7.21. The quantitative estimate of drug-likeness (QED) is 0.387. The second-order valence-electron chi connectivity index (χ2n) is 7.01. The third-order valence-electron chi connectivity index (χ3n) is 4.68. The lowest BCUT2D eigenvalue weighted by Gasteiger charge is -2.17. The van der Waals surface area contributed by atoms with Crippen LogP contribution in [0.3, 0.4) is 0 Å². The van der Waals surface area contributed by atoms with Crippen LogP contribution in [0.2, 0.25) is 0 Å². The number of phenolic OH excluding ortho intramolecular Hbond substituents is 1. The van der Waals surface area contributed by atoms with Gasteiger partial charge in [-0.1, -0.05) is 42.5 Å². The summed E-state index contributed by atoms with van der Waals surface area (Å²) >= 11 is 1.61. The molecule has 3 aromatic carbocycles. The molecule has 0 bridgehead atoms. The normalized spacial score (nSPS) is 12.1. The van der Waals surface area contributed by atoms with Crippen LogP contribution < -0.4 is 29.0 Å². The van der Waals surface area contributed by atoms with E-state index in [1.165, 1.54) is 5.56 Å². The predicted molar refractivity (Wildman–Crippen MR) is 112 cm³/mol. The van der Waals surface area contributed by atoms with Crippen LogP contribution >= 0.6 is 11.3 Å². The number of phenols is 1. The molecule has 0 aliphatic heterocycles. The number of hydrogen-bond acceptors (Lipinski definition) is 8. The van der Waals surface area contributed by atoms with Crippen molar-refractivity contribution >= 4 is 37.7 Å². The Balaban J connectivity index is 0.000000471. The van der Waals surface area contributed by atoms with Gasteiger partial charge in [-0.05, 0) is 53.1 Å². The van der Waals surface area contributed by atoms with E-state index in [1.54, 1.807) is 29.5 Å². The monoisotopic (exact) mass is 484 g/mol. The van der Waals surface area contributed by atoms with Gasteiger partial charge in [-0.15, -0.1) is 10.2 Å². The molecule has 5 aromatic rings. The zero-order valence-corrected chi connectivity index (χ0v) is 18.7. The van der Waals surface area contributed by atoms with E-state index < -0.39 is 10.2 Å². The smallest absolute Gasteiger partial charge is 0.381 e. The number of rotatable bonds is 2. The molecule has 5 rings (SSSR count). The molecule has 0 saturated heterocycles. The van der Waals surface area contributed by atoms with Crippen LogP contribution in [-0.2, 0) is 0 Å². The van der Waals surface area contributed by atoms with Gasteiger partial charge in [0.1, 0.15) is 22.6 Å². The maximum Gasteiger partial charge on any atom is 0.381 e. The van der Waals surface area contributed by atoms with Crippen molar-refractivity contribution in [2.24, 2.45) is 4.99 Å². The van der Waals surface area contributed by atoms with E-state index in [1.807, 2.05) is 42.5 Å². The number of nitrogens with one attached hydrogen (secondary N) is 1. The fraction of sp³-hybridized carbons (Fsp3) is 0.0435. The Hall–Kier alpha value is -3.31. The average molecular weight is 485 g/mol. The predicted octanol–water partition coefficient (Wildman–Crippen LogP) is 0.619. The van der Waals surface area contributed by atoms with E-state index in [9.17, 15) is 5.11 Å². The van der Waals surface area contributed by atoms with Crippen molar-refractivity contribution in [2.45, 2.75) is 6.92 Å². The molecule has 0 aliphatic carbocycles. The third kappa shape index (κ3) is 5.74. The van der Waals surface area contributed by atoms with Crippen molar-refractivity contribution in [3.05, 3.63) is 83.7 Å². The fourth-order valence-electron chi connectivity index (χ4n) is 3.28. The highest BCUT2D eigenvalue weighted by atomic mass is 35.7. The minimum Gasteiger partial charge on any atom is -0.508 e. The number of aromatic amines is 1. The maximum atomic E-state index is 9.97. The molecular weight excluding hydrogens is 468 g/mol. The Morgan fingerprint density at radius 3 is 2.36 bits per heavy atom. The lowest BCUT2D eigenvalue weighted by molar-refractivity contribution is -2.00. The molecule has 0 amide bonds. The summed E-state index contributed by atoms with van der Waals surface area (Å²) in [6.45, 7) is 2.08. The van der Waals surface area contributed by atoms with E-state index in [2.05, 4.69) is 24.0 Å². The topological polar surface area (TPSA) is 152 Å². The van der Waals surface area contributed by atoms with Crippen LogP contribution in [-0.4, -0.2) is 5.11 Å². The van der Waals surface area contributed by atoms with Gasteiger partial charge in [0.2, 0.25) is 0 Å². The molecule has 168 valence electrons. The van der Waals surface area contributed by atoms with Gasteiger partial charge >= 0.3 is 5.13 Å². The number of H-pyrrole nitrogens is 1. The Morgan fingerprint density at radius 1 is 0.939 bits per heavy atom. The minimum absolute atomic E-state index is 0.183. The van der Waals surface area contributed by atoms with Gasteiger partial charge in [0.15, 0.2) is 5.36 Å². The highest BCUT2D eigenvalue weighted by Gasteiger charge is 2.14. The first-order chi connectivity index (χ1) is 15.7. The summed E-state index contributed by atoms with van der Waals surface area (Å²) in [5.41, 5.74) is 3.94. The Morgan fingerprint density at radius 2 is 1.67 bits per heavy atom. The van der Waals surface area contributed by atoms with Crippen LogP contribution in [0, 0.1) is 17.2 Å². The highest BCUT2D eigenvalue weighted by Crippen LogP contribution is 2.27. The van der Waals surface area contributed by atoms with Gasteiger partial charge in [0.25, 0.3) is 0 Å². The largest absolute Gasteiger partial charge is 0.508 e. The molecule has 2 aromatic heterocycles. The molecule has 0 aliphatic rings. The Labute approximate surface area is 193 Å². The molecule has 10 heteroatoms. The van der Waals surface area contributed by atoms with Crippen LogP contribution in [0.25, 0.3) is 32.5 Å². The summed E-state index contributed by atoms with van der Waals surface area (Å²) in [7, 11) is -4.94. The SMILES string of the molecule is Cc1cccc2sc(/N=c3\cc(-c4ccccc4)oc4ccc(O)cc34)[nH+]c12.[O-][Cl+3]([O-])([O-])[O-]. The standard InChI is InChI=1S/C23H16N2O2S.ClHO4/c1-14-6-5-9-21-22(14)25-23(28-21)24-18-13-20(15-7-3-2-4-8-15)27-19-11-10-16(26)12-17(18)19;2-1(3,4)5/h2-13,26H,1H3;(H,2,3,4,5)/b24-18+;. The number of nitrogens with zero attached hydrogens (tertiary/aromatic N) is 1. The van der Waals surface area contributed by atoms with Gasteiger partial charge in [-0.25, -0.2) is 23.6 Å². The van der Waals surface area contributed by atoms with Crippen molar-refractivity contribution in [1.82, 2.24) is 0 Å². The molecule has 0 spiro atoms. The lowest BCUT2D eigenvalue weighted by Crippen LogP contribution is -2.68. The molecule has 33 heavy (non-hydrogen) atoms. The maximum absolute atomic E-state index is 9.97. The molecule has 2 N–H and O–H groups in total. The van der Waals surface area contributed by atoms with Crippen molar-refractivity contribution in [3.63, 3.8) is 0 Å². The van der Waals surface area contributed by atoms with Crippen LogP contribution in [0.1, 0.15) is 5.56 Å². The third-order valence-corrected chi connectivity index (χ3v) is 5.63. The second-order valence-corrected chi connectivity index (χ2v) is 8.80. The molecule has 0 atom stereocenters. The first kappa shape index (κ1) is 22.9. The van der Waals surface area contributed by atoms with Crippen LogP contribution in [0.15, 0.2) is 82.2 Å². The summed E-state index contributed by atoms with van der Waals surface area (Å²) in [4.78, 5) is 8.28. The van der Waals surface area contributed by atoms with Crippen molar-refractivity contribution in [2.75, 3.05) is 0 Å².